The van der Waals surface area contributed by atoms with Crippen LogP contribution in [0, 0.1) is 5.92 Å². The van der Waals surface area contributed by atoms with Gasteiger partial charge in [0, 0.05) is 30.7 Å². The van der Waals surface area contributed by atoms with Gasteiger partial charge in [0.15, 0.2) is 0 Å². The van der Waals surface area contributed by atoms with Gasteiger partial charge in [0.25, 0.3) is 0 Å². The molecular weight excluding hydrogens is 404 g/mol. The predicted molar refractivity (Wildman–Crippen MR) is 125 cm³/mol. The Kier molecular flexibility index (Phi) is 5.70. The lowest BCUT2D eigenvalue weighted by atomic mass is 9.86. The first-order chi connectivity index (χ1) is 15.6. The highest BCUT2D eigenvalue weighted by Gasteiger charge is 2.29. The summed E-state index contributed by atoms with van der Waals surface area (Å²) in [4.78, 5) is 27.6. The number of hydrogen-bond donors (Lipinski definition) is 3. The zero-order valence-electron chi connectivity index (χ0n) is 18.6. The van der Waals surface area contributed by atoms with Gasteiger partial charge in [-0.15, -0.1) is 0 Å². The van der Waals surface area contributed by atoms with E-state index in [2.05, 4.69) is 48.7 Å². The minimum Gasteiger partial charge on any atom is -0.378 e. The van der Waals surface area contributed by atoms with Gasteiger partial charge in [-0.1, -0.05) is 12.1 Å². The zero-order valence-corrected chi connectivity index (χ0v) is 18.6. The lowest BCUT2D eigenvalue weighted by Crippen LogP contribution is -2.37. The largest absolute Gasteiger partial charge is 0.378 e. The number of morpholine rings is 1. The molecule has 1 aromatic carbocycles. The molecule has 1 aliphatic carbocycles. The van der Waals surface area contributed by atoms with Crippen molar-refractivity contribution in [2.75, 3.05) is 36.5 Å². The number of ether oxygens (including phenoxy) is 1. The molecule has 1 fully saturated rings. The Morgan fingerprint density at radius 2 is 2.03 bits per heavy atom. The standard InChI is InChI=1S/C24H30N6O2/c1-15(2)27-24(31)16-7-8-18-17(13-16)21-22(28-18)25-14-26-23(21)29-19-5-3-4-6-20(19)30-9-11-32-12-10-30/h3-6,14-16H,7-13H2,1-2H3,(H,27,31)(H2,25,26,28,29). The van der Waals surface area contributed by atoms with E-state index < -0.39 is 0 Å². The number of anilines is 3. The van der Waals surface area contributed by atoms with E-state index in [0.29, 0.717) is 6.42 Å². The number of aryl methyl sites for hydroxylation is 1. The quantitative estimate of drug-likeness (QED) is 0.571. The van der Waals surface area contributed by atoms with Crippen LogP contribution in [0.4, 0.5) is 17.2 Å². The van der Waals surface area contributed by atoms with E-state index in [1.165, 1.54) is 5.69 Å². The number of nitrogens with zero attached hydrogens (tertiary/aromatic N) is 3. The van der Waals surface area contributed by atoms with Gasteiger partial charge in [-0.2, -0.15) is 0 Å². The molecule has 8 nitrogen and oxygen atoms in total. The summed E-state index contributed by atoms with van der Waals surface area (Å²) < 4.78 is 5.52. The molecule has 1 unspecified atom stereocenters. The van der Waals surface area contributed by atoms with E-state index in [9.17, 15) is 4.79 Å². The molecule has 1 aliphatic heterocycles. The van der Waals surface area contributed by atoms with Crippen LogP contribution < -0.4 is 15.5 Å². The number of aromatic nitrogens is 3. The Balaban J connectivity index is 1.48. The van der Waals surface area contributed by atoms with Crippen LogP contribution in [-0.4, -0.2) is 53.2 Å². The molecule has 1 atom stereocenters. The maximum Gasteiger partial charge on any atom is 0.223 e. The molecule has 2 aliphatic rings. The Morgan fingerprint density at radius 1 is 1.22 bits per heavy atom. The molecule has 1 saturated heterocycles. The molecule has 8 heteroatoms. The topological polar surface area (TPSA) is 95.2 Å². The summed E-state index contributed by atoms with van der Waals surface area (Å²) in [5.41, 5.74) is 5.29. The SMILES string of the molecule is CC(C)NC(=O)C1CCc2[nH]c3ncnc(Nc4ccccc4N4CCOCC4)c3c2C1. The number of carbonyl (C=O) groups is 1. The number of amides is 1. The van der Waals surface area contributed by atoms with Crippen molar-refractivity contribution < 1.29 is 9.53 Å². The number of para-hydroxylation sites is 2. The zero-order chi connectivity index (χ0) is 22.1. The van der Waals surface area contributed by atoms with Gasteiger partial charge >= 0.3 is 0 Å². The van der Waals surface area contributed by atoms with Crippen LogP contribution in [0.1, 0.15) is 31.5 Å². The number of aromatic amines is 1. The van der Waals surface area contributed by atoms with Gasteiger partial charge in [-0.3, -0.25) is 4.79 Å². The third-order valence-corrected chi connectivity index (χ3v) is 6.29. The molecule has 3 heterocycles. The molecular formula is C24H30N6O2. The second-order valence-corrected chi connectivity index (χ2v) is 8.87. The number of benzene rings is 1. The Labute approximate surface area is 187 Å². The minimum atomic E-state index is -0.0300. The summed E-state index contributed by atoms with van der Waals surface area (Å²) in [6, 6.07) is 8.44. The van der Waals surface area contributed by atoms with Gasteiger partial charge in [0.2, 0.25) is 5.91 Å². The third kappa shape index (κ3) is 4.02. The lowest BCUT2D eigenvalue weighted by Gasteiger charge is -2.30. The Morgan fingerprint density at radius 3 is 2.84 bits per heavy atom. The summed E-state index contributed by atoms with van der Waals surface area (Å²) >= 11 is 0. The minimum absolute atomic E-state index is 0.0300. The van der Waals surface area contributed by atoms with Gasteiger partial charge < -0.3 is 25.3 Å². The highest BCUT2D eigenvalue weighted by molar-refractivity contribution is 5.95. The van der Waals surface area contributed by atoms with E-state index in [1.807, 2.05) is 19.9 Å². The number of rotatable bonds is 5. The number of hydrogen-bond acceptors (Lipinski definition) is 6. The van der Waals surface area contributed by atoms with Crippen molar-refractivity contribution >= 4 is 34.1 Å². The molecule has 168 valence electrons. The van der Waals surface area contributed by atoms with E-state index in [4.69, 9.17) is 4.74 Å². The van der Waals surface area contributed by atoms with Crippen LogP contribution in [0.5, 0.6) is 0 Å². The van der Waals surface area contributed by atoms with Crippen molar-refractivity contribution in [1.29, 1.82) is 0 Å². The smallest absolute Gasteiger partial charge is 0.223 e. The van der Waals surface area contributed by atoms with Crippen molar-refractivity contribution in [3.05, 3.63) is 41.9 Å². The fourth-order valence-electron chi connectivity index (χ4n) is 4.75. The molecule has 0 radical (unpaired) electrons. The fourth-order valence-corrected chi connectivity index (χ4v) is 4.75. The maximum absolute atomic E-state index is 12.7. The number of H-pyrrole nitrogens is 1. The molecule has 1 amide bonds. The molecule has 3 aromatic rings. The molecule has 0 spiro atoms. The van der Waals surface area contributed by atoms with Gasteiger partial charge in [-0.05, 0) is 50.8 Å². The predicted octanol–water partition coefficient (Wildman–Crippen LogP) is 3.17. The highest BCUT2D eigenvalue weighted by atomic mass is 16.5. The van der Waals surface area contributed by atoms with Gasteiger partial charge in [-0.25, -0.2) is 9.97 Å². The second-order valence-electron chi connectivity index (χ2n) is 8.87. The fraction of sp³-hybridized carbons (Fsp3) is 0.458. The maximum atomic E-state index is 12.7. The van der Waals surface area contributed by atoms with E-state index >= 15 is 0 Å². The summed E-state index contributed by atoms with van der Waals surface area (Å²) in [5, 5.41) is 7.63. The lowest BCUT2D eigenvalue weighted by molar-refractivity contribution is -0.125. The molecule has 3 N–H and O–H groups in total. The normalized spacial score (nSPS) is 18.6. The Hall–Kier alpha value is -3.13. The first-order valence-electron chi connectivity index (χ1n) is 11.4. The first kappa shape index (κ1) is 20.8. The number of carbonyl (C=O) groups excluding carboxylic acids is 1. The second kappa shape index (κ2) is 8.78. The van der Waals surface area contributed by atoms with Crippen LogP contribution in [0.15, 0.2) is 30.6 Å². The van der Waals surface area contributed by atoms with Gasteiger partial charge in [0.1, 0.15) is 17.8 Å². The van der Waals surface area contributed by atoms with Crippen LogP contribution in [0.25, 0.3) is 11.0 Å². The van der Waals surface area contributed by atoms with Crippen molar-refractivity contribution in [2.45, 2.75) is 39.2 Å². The van der Waals surface area contributed by atoms with Crippen molar-refractivity contribution in [3.8, 4) is 0 Å². The summed E-state index contributed by atoms with van der Waals surface area (Å²) in [6.45, 7) is 7.20. The number of fused-ring (bicyclic) bond motifs is 3. The van der Waals surface area contributed by atoms with Crippen LogP contribution >= 0.6 is 0 Å². The van der Waals surface area contributed by atoms with Crippen molar-refractivity contribution in [1.82, 2.24) is 20.3 Å². The van der Waals surface area contributed by atoms with Gasteiger partial charge in [0.05, 0.1) is 30.0 Å². The van der Waals surface area contributed by atoms with E-state index in [1.54, 1.807) is 6.33 Å². The molecule has 0 saturated carbocycles. The number of nitrogens with one attached hydrogen (secondary N) is 3. The van der Waals surface area contributed by atoms with Crippen LogP contribution in [0.2, 0.25) is 0 Å². The summed E-state index contributed by atoms with van der Waals surface area (Å²) in [7, 11) is 0. The average molecular weight is 435 g/mol. The molecule has 32 heavy (non-hydrogen) atoms. The monoisotopic (exact) mass is 434 g/mol. The van der Waals surface area contributed by atoms with Crippen LogP contribution in [-0.2, 0) is 22.4 Å². The molecule has 0 bridgehead atoms. The molecule has 5 rings (SSSR count). The third-order valence-electron chi connectivity index (χ3n) is 6.29. The first-order valence-corrected chi connectivity index (χ1v) is 11.4. The van der Waals surface area contributed by atoms with Crippen LogP contribution in [0.3, 0.4) is 0 Å². The highest BCUT2D eigenvalue weighted by Crippen LogP contribution is 2.37. The summed E-state index contributed by atoms with van der Waals surface area (Å²) in [6.07, 6.45) is 3.97. The van der Waals surface area contributed by atoms with E-state index in [0.717, 1.165) is 72.9 Å². The van der Waals surface area contributed by atoms with E-state index in [-0.39, 0.29) is 17.9 Å². The van der Waals surface area contributed by atoms with Crippen molar-refractivity contribution in [2.24, 2.45) is 5.92 Å². The average Bonchev–Trinajstić information content (AvgIpc) is 3.18. The van der Waals surface area contributed by atoms with Crippen molar-refractivity contribution in [3.63, 3.8) is 0 Å². The molecule has 2 aromatic heterocycles. The Bertz CT molecular complexity index is 1120. The summed E-state index contributed by atoms with van der Waals surface area (Å²) in [5.74, 6) is 0.875.